The summed E-state index contributed by atoms with van der Waals surface area (Å²) in [5.74, 6) is 0. The van der Waals surface area contributed by atoms with E-state index >= 15 is 0 Å². The van der Waals surface area contributed by atoms with Gasteiger partial charge in [-0.1, -0.05) is 0 Å². The minimum atomic E-state index is -3.60. The van der Waals surface area contributed by atoms with Gasteiger partial charge in [-0.3, -0.25) is 0 Å². The molecule has 106 valence electrons. The van der Waals surface area contributed by atoms with E-state index in [1.165, 1.54) is 12.1 Å². The molecule has 1 aromatic carbocycles. The number of nitrogens with one attached hydrogen (secondary N) is 1. The Kier molecular flexibility index (Phi) is 4.13. The number of hydrogen-bond donors (Lipinski definition) is 2. The van der Waals surface area contributed by atoms with Gasteiger partial charge in [0.05, 0.1) is 4.90 Å². The molecule has 2 rings (SSSR count). The Labute approximate surface area is 114 Å². The van der Waals surface area contributed by atoms with Crippen LogP contribution in [0.4, 0.5) is 5.69 Å². The van der Waals surface area contributed by atoms with Gasteiger partial charge in [-0.2, -0.15) is 0 Å². The molecule has 1 fully saturated rings. The molecule has 0 spiro atoms. The van der Waals surface area contributed by atoms with Gasteiger partial charge >= 0.3 is 0 Å². The number of nitrogens with zero attached hydrogens (tertiary/aromatic N) is 1. The molecule has 0 aromatic heterocycles. The normalized spacial score (nSPS) is 25.2. The van der Waals surface area contributed by atoms with Crippen LogP contribution in [0.25, 0.3) is 0 Å². The molecule has 1 aliphatic rings. The van der Waals surface area contributed by atoms with Crippen LogP contribution in [0, 0.1) is 0 Å². The Morgan fingerprint density at radius 1 is 1.32 bits per heavy atom. The van der Waals surface area contributed by atoms with Gasteiger partial charge in [-0.15, -0.1) is 0 Å². The quantitative estimate of drug-likeness (QED) is 0.875. The largest absolute Gasteiger partial charge is 0.382 e. The van der Waals surface area contributed by atoms with Gasteiger partial charge in [0.2, 0.25) is 10.0 Å². The van der Waals surface area contributed by atoms with E-state index in [9.17, 15) is 8.42 Å². The van der Waals surface area contributed by atoms with E-state index in [1.807, 2.05) is 0 Å². The number of piperidine rings is 1. The van der Waals surface area contributed by atoms with Crippen LogP contribution >= 0.6 is 0 Å². The highest BCUT2D eigenvalue weighted by Crippen LogP contribution is 2.20. The van der Waals surface area contributed by atoms with E-state index in [0.717, 1.165) is 25.1 Å². The number of likely N-dealkylation sites (tertiary alicyclic amines) is 1. The Bertz CT molecular complexity index is 527. The van der Waals surface area contributed by atoms with Crippen molar-refractivity contribution >= 4 is 15.7 Å². The topological polar surface area (TPSA) is 75.4 Å². The summed E-state index contributed by atoms with van der Waals surface area (Å²) in [4.78, 5) is 2.50. The Morgan fingerprint density at radius 3 is 2.47 bits per heavy atom. The van der Waals surface area contributed by atoms with Gasteiger partial charge in [-0.05, 0) is 51.1 Å². The van der Waals surface area contributed by atoms with Crippen LogP contribution < -0.4 is 10.5 Å². The van der Waals surface area contributed by atoms with Gasteiger partial charge in [0.1, 0.15) is 0 Å². The number of hydrogen-bond acceptors (Lipinski definition) is 4. The van der Waals surface area contributed by atoms with E-state index < -0.39 is 10.0 Å². The van der Waals surface area contributed by atoms with Crippen molar-refractivity contribution in [1.82, 2.24) is 4.90 Å². The predicted molar refractivity (Wildman–Crippen MR) is 76.6 cm³/mol. The van der Waals surface area contributed by atoms with Crippen LogP contribution in [-0.4, -0.2) is 39.0 Å². The van der Waals surface area contributed by atoms with Crippen LogP contribution in [0.15, 0.2) is 29.2 Å². The van der Waals surface area contributed by atoms with Crippen molar-refractivity contribution in [2.75, 3.05) is 18.9 Å². The zero-order valence-electron chi connectivity index (χ0n) is 11.3. The lowest BCUT2D eigenvalue weighted by atomic mass is 9.99. The first-order chi connectivity index (χ1) is 8.86. The van der Waals surface area contributed by atoms with E-state index in [0.29, 0.717) is 12.1 Å². The SMILES string of the molecule is CC1CC(Nc2ccc(S(N)(=O)=O)cc2)CCN1C. The third-order valence-electron chi connectivity index (χ3n) is 3.76. The first kappa shape index (κ1) is 14.3. The van der Waals surface area contributed by atoms with Gasteiger partial charge in [0, 0.05) is 24.3 Å². The van der Waals surface area contributed by atoms with Crippen molar-refractivity contribution in [3.63, 3.8) is 0 Å². The van der Waals surface area contributed by atoms with Gasteiger partial charge < -0.3 is 10.2 Å². The number of benzene rings is 1. The summed E-state index contributed by atoms with van der Waals surface area (Å²) in [6, 6.07) is 7.61. The summed E-state index contributed by atoms with van der Waals surface area (Å²) < 4.78 is 22.3. The monoisotopic (exact) mass is 283 g/mol. The highest BCUT2D eigenvalue weighted by Gasteiger charge is 2.22. The zero-order chi connectivity index (χ0) is 14.0. The molecule has 19 heavy (non-hydrogen) atoms. The van der Waals surface area contributed by atoms with Crippen molar-refractivity contribution in [1.29, 1.82) is 0 Å². The lowest BCUT2D eigenvalue weighted by molar-refractivity contribution is 0.190. The minimum Gasteiger partial charge on any atom is -0.382 e. The van der Waals surface area contributed by atoms with Crippen molar-refractivity contribution < 1.29 is 8.42 Å². The lowest BCUT2D eigenvalue weighted by Gasteiger charge is -2.35. The molecule has 2 atom stereocenters. The first-order valence-corrected chi connectivity index (χ1v) is 8.00. The Morgan fingerprint density at radius 2 is 1.95 bits per heavy atom. The molecule has 1 aliphatic heterocycles. The van der Waals surface area contributed by atoms with Crippen LogP contribution in [0.2, 0.25) is 0 Å². The molecule has 0 bridgehead atoms. The molecule has 5 nitrogen and oxygen atoms in total. The summed E-state index contributed by atoms with van der Waals surface area (Å²) in [6.45, 7) is 3.30. The maximum Gasteiger partial charge on any atom is 0.238 e. The molecule has 1 saturated heterocycles. The standard InChI is InChI=1S/C13H21N3O2S/c1-10-9-12(7-8-16(10)2)15-11-3-5-13(6-4-11)19(14,17)18/h3-6,10,12,15H,7-9H2,1-2H3,(H2,14,17,18). The molecule has 2 unspecified atom stereocenters. The fraction of sp³-hybridized carbons (Fsp3) is 0.538. The smallest absolute Gasteiger partial charge is 0.238 e. The fourth-order valence-corrected chi connectivity index (χ4v) is 2.91. The number of primary sulfonamides is 1. The highest BCUT2D eigenvalue weighted by molar-refractivity contribution is 7.89. The van der Waals surface area contributed by atoms with E-state index in [2.05, 4.69) is 24.2 Å². The maximum absolute atomic E-state index is 11.2. The third-order valence-corrected chi connectivity index (χ3v) is 4.69. The summed E-state index contributed by atoms with van der Waals surface area (Å²) in [5.41, 5.74) is 0.939. The van der Waals surface area contributed by atoms with E-state index in [4.69, 9.17) is 5.14 Å². The van der Waals surface area contributed by atoms with Crippen LogP contribution in [0.5, 0.6) is 0 Å². The zero-order valence-corrected chi connectivity index (χ0v) is 12.2. The maximum atomic E-state index is 11.2. The molecule has 1 heterocycles. The van der Waals surface area contributed by atoms with Crippen molar-refractivity contribution in [2.45, 2.75) is 36.7 Å². The average molecular weight is 283 g/mol. The molecule has 0 amide bonds. The number of rotatable bonds is 3. The second-order valence-corrected chi connectivity index (χ2v) is 6.83. The number of nitrogens with two attached hydrogens (primary N) is 1. The molecule has 1 aromatic rings. The number of anilines is 1. The van der Waals surface area contributed by atoms with Crippen molar-refractivity contribution in [2.24, 2.45) is 5.14 Å². The summed E-state index contributed by atoms with van der Waals surface area (Å²) in [5, 5.41) is 8.52. The van der Waals surface area contributed by atoms with Crippen molar-refractivity contribution in [3.05, 3.63) is 24.3 Å². The molecule has 6 heteroatoms. The second kappa shape index (κ2) is 5.48. The molecular formula is C13H21N3O2S. The Hall–Kier alpha value is -1.11. The molecular weight excluding hydrogens is 262 g/mol. The van der Waals surface area contributed by atoms with Crippen LogP contribution in [-0.2, 0) is 10.0 Å². The van der Waals surface area contributed by atoms with Crippen LogP contribution in [0.3, 0.4) is 0 Å². The Balaban J connectivity index is 2.00. The van der Waals surface area contributed by atoms with E-state index in [1.54, 1.807) is 12.1 Å². The molecule has 0 saturated carbocycles. The van der Waals surface area contributed by atoms with Gasteiger partial charge in [0.15, 0.2) is 0 Å². The van der Waals surface area contributed by atoms with Gasteiger partial charge in [-0.25, -0.2) is 13.6 Å². The minimum absolute atomic E-state index is 0.148. The highest BCUT2D eigenvalue weighted by atomic mass is 32.2. The van der Waals surface area contributed by atoms with Crippen molar-refractivity contribution in [3.8, 4) is 0 Å². The second-order valence-electron chi connectivity index (χ2n) is 5.26. The third kappa shape index (κ3) is 3.68. The van der Waals surface area contributed by atoms with Gasteiger partial charge in [0.25, 0.3) is 0 Å². The lowest BCUT2D eigenvalue weighted by Crippen LogP contribution is -2.42. The summed E-state index contributed by atoms with van der Waals surface area (Å²) in [6.07, 6.45) is 2.19. The fourth-order valence-electron chi connectivity index (χ4n) is 2.40. The summed E-state index contributed by atoms with van der Waals surface area (Å²) >= 11 is 0. The number of sulfonamides is 1. The van der Waals surface area contributed by atoms with Crippen LogP contribution in [0.1, 0.15) is 19.8 Å². The molecule has 3 N–H and O–H groups in total. The summed E-state index contributed by atoms with van der Waals surface area (Å²) in [7, 11) is -1.46. The van der Waals surface area contributed by atoms with E-state index in [-0.39, 0.29) is 4.90 Å². The molecule has 0 aliphatic carbocycles. The predicted octanol–water partition coefficient (Wildman–Crippen LogP) is 1.23. The first-order valence-electron chi connectivity index (χ1n) is 6.46. The average Bonchev–Trinajstić information content (AvgIpc) is 2.33. The molecule has 0 radical (unpaired) electrons.